The van der Waals surface area contributed by atoms with E-state index in [4.69, 9.17) is 4.74 Å². The molecule has 1 saturated heterocycles. The molecule has 0 aliphatic carbocycles. The third-order valence-corrected chi connectivity index (χ3v) is 5.24. The summed E-state index contributed by atoms with van der Waals surface area (Å²) in [6.07, 6.45) is 3.75. The van der Waals surface area contributed by atoms with Gasteiger partial charge < -0.3 is 15.0 Å². The lowest BCUT2D eigenvalue weighted by molar-refractivity contribution is -0.00546. The summed E-state index contributed by atoms with van der Waals surface area (Å²) in [5, 5.41) is 7.34. The van der Waals surface area contributed by atoms with E-state index in [0.29, 0.717) is 17.9 Å². The maximum absolute atomic E-state index is 12.5. The van der Waals surface area contributed by atoms with Crippen molar-refractivity contribution >= 4 is 11.7 Å². The summed E-state index contributed by atoms with van der Waals surface area (Å²) in [5.41, 5.74) is 3.38. The van der Waals surface area contributed by atoms with E-state index < -0.39 is 0 Å². The molecule has 31 heavy (non-hydrogen) atoms. The molecule has 8 heteroatoms. The molecule has 2 unspecified atom stereocenters. The number of ether oxygens (including phenoxy) is 1. The highest BCUT2D eigenvalue weighted by Gasteiger charge is 2.23. The van der Waals surface area contributed by atoms with Gasteiger partial charge in [0.2, 0.25) is 0 Å². The van der Waals surface area contributed by atoms with Crippen molar-refractivity contribution in [2.24, 2.45) is 0 Å². The molecule has 2 atom stereocenters. The van der Waals surface area contributed by atoms with Crippen LogP contribution >= 0.6 is 0 Å². The van der Waals surface area contributed by atoms with Crippen LogP contribution < -0.4 is 10.2 Å². The van der Waals surface area contributed by atoms with E-state index >= 15 is 0 Å². The Morgan fingerprint density at radius 1 is 1.06 bits per heavy atom. The number of morpholine rings is 1. The summed E-state index contributed by atoms with van der Waals surface area (Å²) in [6, 6.07) is 9.54. The Hall–Kier alpha value is -3.26. The fourth-order valence-corrected chi connectivity index (χ4v) is 3.86. The summed E-state index contributed by atoms with van der Waals surface area (Å²) in [7, 11) is 0. The molecule has 0 spiro atoms. The first kappa shape index (κ1) is 21.0. The highest BCUT2D eigenvalue weighted by molar-refractivity contribution is 5.93. The summed E-state index contributed by atoms with van der Waals surface area (Å²) in [5.74, 6) is 1.45. The zero-order valence-corrected chi connectivity index (χ0v) is 18.4. The summed E-state index contributed by atoms with van der Waals surface area (Å²) >= 11 is 0. The van der Waals surface area contributed by atoms with Gasteiger partial charge in [0, 0.05) is 37.7 Å². The number of carbonyl (C=O) groups is 1. The maximum Gasteiger partial charge on any atom is 0.253 e. The highest BCUT2D eigenvalue weighted by Crippen LogP contribution is 2.18. The van der Waals surface area contributed by atoms with Crippen molar-refractivity contribution in [1.82, 2.24) is 25.1 Å². The van der Waals surface area contributed by atoms with E-state index in [1.165, 1.54) is 0 Å². The predicted octanol–water partition coefficient (Wildman–Crippen LogP) is 2.82. The van der Waals surface area contributed by atoms with Gasteiger partial charge in [-0.25, -0.2) is 14.6 Å². The monoisotopic (exact) mass is 420 g/mol. The Morgan fingerprint density at radius 2 is 1.77 bits per heavy atom. The third-order valence-electron chi connectivity index (χ3n) is 5.24. The van der Waals surface area contributed by atoms with Gasteiger partial charge >= 0.3 is 0 Å². The molecular weight excluding hydrogens is 392 g/mol. The lowest BCUT2D eigenvalue weighted by Crippen LogP contribution is -2.45. The van der Waals surface area contributed by atoms with Crippen LogP contribution in [0.4, 0.5) is 5.82 Å². The number of hydrogen-bond acceptors (Lipinski definition) is 6. The zero-order valence-electron chi connectivity index (χ0n) is 18.4. The Bertz CT molecular complexity index is 1030. The second-order valence-electron chi connectivity index (χ2n) is 8.11. The fourth-order valence-electron chi connectivity index (χ4n) is 3.86. The van der Waals surface area contributed by atoms with Gasteiger partial charge in [0.15, 0.2) is 5.82 Å². The minimum Gasteiger partial charge on any atom is -0.372 e. The highest BCUT2D eigenvalue weighted by atomic mass is 16.5. The van der Waals surface area contributed by atoms with Gasteiger partial charge in [-0.1, -0.05) is 6.07 Å². The summed E-state index contributed by atoms with van der Waals surface area (Å²) in [6.45, 7) is 10.1. The molecule has 4 rings (SSSR count). The van der Waals surface area contributed by atoms with Crippen molar-refractivity contribution in [3.05, 3.63) is 65.2 Å². The van der Waals surface area contributed by atoms with Crippen LogP contribution in [0.5, 0.6) is 0 Å². The number of rotatable bonds is 5. The molecule has 8 nitrogen and oxygen atoms in total. The van der Waals surface area contributed by atoms with Gasteiger partial charge in [0.05, 0.1) is 23.5 Å². The van der Waals surface area contributed by atoms with Gasteiger partial charge in [-0.05, 0) is 57.5 Å². The Morgan fingerprint density at radius 3 is 2.35 bits per heavy atom. The average Bonchev–Trinajstić information content (AvgIpc) is 3.09. The van der Waals surface area contributed by atoms with Crippen molar-refractivity contribution in [2.45, 2.75) is 46.4 Å². The second kappa shape index (κ2) is 8.85. The number of nitrogens with one attached hydrogen (secondary N) is 1. The second-order valence-corrected chi connectivity index (χ2v) is 8.11. The molecule has 1 amide bonds. The smallest absolute Gasteiger partial charge is 0.253 e. The van der Waals surface area contributed by atoms with Gasteiger partial charge in [0.1, 0.15) is 5.82 Å². The minimum absolute atomic E-state index is 0.174. The van der Waals surface area contributed by atoms with E-state index in [2.05, 4.69) is 39.1 Å². The Labute approximate surface area is 182 Å². The molecular formula is C23H28N6O2. The summed E-state index contributed by atoms with van der Waals surface area (Å²) in [4.78, 5) is 23.7. The molecule has 0 bridgehead atoms. The van der Waals surface area contributed by atoms with Crippen LogP contribution in [0.25, 0.3) is 5.82 Å². The molecule has 3 aromatic rings. The first-order valence-electron chi connectivity index (χ1n) is 10.5. The van der Waals surface area contributed by atoms with Crippen molar-refractivity contribution in [2.75, 3.05) is 18.0 Å². The molecule has 4 heterocycles. The van der Waals surface area contributed by atoms with Gasteiger partial charge in [-0.3, -0.25) is 4.79 Å². The topological polar surface area (TPSA) is 85.2 Å². The van der Waals surface area contributed by atoms with E-state index in [9.17, 15) is 4.79 Å². The van der Waals surface area contributed by atoms with Gasteiger partial charge in [-0.2, -0.15) is 5.10 Å². The minimum atomic E-state index is -0.174. The lowest BCUT2D eigenvalue weighted by Gasteiger charge is -2.36. The molecule has 0 aromatic carbocycles. The van der Waals surface area contributed by atoms with Crippen LogP contribution in [-0.4, -0.2) is 51.0 Å². The number of anilines is 1. The third kappa shape index (κ3) is 4.91. The Kier molecular flexibility index (Phi) is 5.99. The molecule has 162 valence electrons. The molecule has 1 N–H and O–H groups in total. The number of pyridine rings is 2. The number of hydrogen-bond donors (Lipinski definition) is 1. The van der Waals surface area contributed by atoms with Crippen LogP contribution in [0.2, 0.25) is 0 Å². The van der Waals surface area contributed by atoms with Crippen molar-refractivity contribution in [1.29, 1.82) is 0 Å². The average molecular weight is 421 g/mol. The van der Waals surface area contributed by atoms with Crippen LogP contribution in [0.15, 0.2) is 42.7 Å². The fraction of sp³-hybridized carbons (Fsp3) is 0.391. The van der Waals surface area contributed by atoms with Gasteiger partial charge in [0.25, 0.3) is 5.91 Å². The van der Waals surface area contributed by atoms with Crippen molar-refractivity contribution < 1.29 is 9.53 Å². The lowest BCUT2D eigenvalue weighted by atomic mass is 10.2. The SMILES string of the molecule is Cc1cc(C)n(-c2ccc(C(=O)NCc3ccc(N4CC(C)OC(C)C4)nc3)cn2)n1. The molecule has 0 saturated carbocycles. The summed E-state index contributed by atoms with van der Waals surface area (Å²) < 4.78 is 7.55. The van der Waals surface area contributed by atoms with E-state index in [-0.39, 0.29) is 18.1 Å². The van der Waals surface area contributed by atoms with Crippen LogP contribution in [0, 0.1) is 13.8 Å². The quantitative estimate of drug-likeness (QED) is 0.683. The van der Waals surface area contributed by atoms with Crippen LogP contribution in [0.1, 0.15) is 41.2 Å². The van der Waals surface area contributed by atoms with Crippen LogP contribution in [-0.2, 0) is 11.3 Å². The largest absolute Gasteiger partial charge is 0.372 e. The Balaban J connectivity index is 1.35. The first-order valence-corrected chi connectivity index (χ1v) is 10.5. The molecule has 3 aromatic heterocycles. The van der Waals surface area contributed by atoms with Crippen molar-refractivity contribution in [3.8, 4) is 5.82 Å². The first-order chi connectivity index (χ1) is 14.9. The van der Waals surface area contributed by atoms with E-state index in [1.54, 1.807) is 23.0 Å². The number of aryl methyl sites for hydroxylation is 2. The van der Waals surface area contributed by atoms with Crippen LogP contribution in [0.3, 0.4) is 0 Å². The number of aromatic nitrogens is 4. The molecule has 1 aliphatic rings. The normalized spacial score (nSPS) is 18.8. The standard InChI is InChI=1S/C23H28N6O2/c1-15-9-16(2)29(27-15)22-8-6-20(12-25-22)23(30)26-11-19-5-7-21(24-10-19)28-13-17(3)31-18(4)14-28/h5-10,12,17-18H,11,13-14H2,1-4H3,(H,26,30). The van der Waals surface area contributed by atoms with Gasteiger partial charge in [-0.15, -0.1) is 0 Å². The number of carbonyl (C=O) groups excluding carboxylic acids is 1. The predicted molar refractivity (Wildman–Crippen MR) is 118 cm³/mol. The number of amides is 1. The molecule has 0 radical (unpaired) electrons. The maximum atomic E-state index is 12.5. The number of nitrogens with zero attached hydrogens (tertiary/aromatic N) is 5. The molecule has 1 fully saturated rings. The van der Waals surface area contributed by atoms with E-state index in [1.807, 2.05) is 38.2 Å². The zero-order chi connectivity index (χ0) is 22.0. The van der Waals surface area contributed by atoms with E-state index in [0.717, 1.165) is 35.9 Å². The molecule has 1 aliphatic heterocycles. The van der Waals surface area contributed by atoms with Crippen molar-refractivity contribution in [3.63, 3.8) is 0 Å².